The number of ether oxygens (including phenoxy) is 1. The molecule has 0 atom stereocenters. The van der Waals surface area contributed by atoms with E-state index in [4.69, 9.17) is 16.3 Å². The van der Waals surface area contributed by atoms with Gasteiger partial charge >= 0.3 is 0 Å². The molecule has 1 heterocycles. The van der Waals surface area contributed by atoms with E-state index in [2.05, 4.69) is 4.98 Å². The van der Waals surface area contributed by atoms with E-state index in [0.717, 1.165) is 5.69 Å². The Morgan fingerprint density at radius 1 is 1.35 bits per heavy atom. The normalized spacial score (nSPS) is 10.3. The Balaban J connectivity index is 2.32. The van der Waals surface area contributed by atoms with Crippen molar-refractivity contribution in [2.45, 2.75) is 13.5 Å². The Bertz CT molecular complexity index is 529. The number of halogens is 1. The zero-order valence-corrected chi connectivity index (χ0v) is 10.1. The van der Waals surface area contributed by atoms with Crippen LogP contribution >= 0.6 is 11.6 Å². The topological polar surface area (TPSA) is 42.4 Å². The van der Waals surface area contributed by atoms with Crippen LogP contribution in [0.3, 0.4) is 0 Å². The van der Waals surface area contributed by atoms with Crippen molar-refractivity contribution in [2.75, 3.05) is 0 Å². The molecule has 1 aromatic heterocycles. The highest BCUT2D eigenvalue weighted by Crippen LogP contribution is 2.27. The van der Waals surface area contributed by atoms with Crippen molar-refractivity contribution >= 4 is 11.6 Å². The number of hydrogen-bond donors (Lipinski definition) is 1. The first kappa shape index (κ1) is 11.9. The van der Waals surface area contributed by atoms with Crippen LogP contribution in [0.25, 0.3) is 0 Å². The van der Waals surface area contributed by atoms with Gasteiger partial charge in [0.25, 0.3) is 0 Å². The van der Waals surface area contributed by atoms with E-state index in [1.807, 2.05) is 19.1 Å². The monoisotopic (exact) mass is 249 g/mol. The van der Waals surface area contributed by atoms with Crippen LogP contribution in [0.15, 0.2) is 36.5 Å². The van der Waals surface area contributed by atoms with Crippen LogP contribution in [-0.2, 0) is 6.61 Å². The van der Waals surface area contributed by atoms with Crippen LogP contribution in [0.4, 0.5) is 0 Å². The van der Waals surface area contributed by atoms with E-state index >= 15 is 0 Å². The van der Waals surface area contributed by atoms with Gasteiger partial charge in [0.2, 0.25) is 0 Å². The standard InChI is InChI=1S/C13H12ClNO2/c1-9-5-13(10(8-16)7-15-9)17-12-4-2-3-11(14)6-12/h2-7,16H,8H2,1H3. The summed E-state index contributed by atoms with van der Waals surface area (Å²) in [5.41, 5.74) is 1.48. The number of nitrogens with zero attached hydrogens (tertiary/aromatic N) is 1. The molecule has 0 fully saturated rings. The maximum Gasteiger partial charge on any atom is 0.136 e. The van der Waals surface area contributed by atoms with E-state index in [9.17, 15) is 5.11 Å². The molecule has 0 saturated heterocycles. The molecule has 0 saturated carbocycles. The molecule has 0 radical (unpaired) electrons. The van der Waals surface area contributed by atoms with Gasteiger partial charge in [-0.05, 0) is 25.1 Å². The summed E-state index contributed by atoms with van der Waals surface area (Å²) in [5, 5.41) is 9.81. The van der Waals surface area contributed by atoms with Gasteiger partial charge in [0.15, 0.2) is 0 Å². The van der Waals surface area contributed by atoms with Gasteiger partial charge in [-0.2, -0.15) is 0 Å². The van der Waals surface area contributed by atoms with Crippen LogP contribution in [0.1, 0.15) is 11.3 Å². The Labute approximate surface area is 105 Å². The summed E-state index contributed by atoms with van der Waals surface area (Å²) in [6.45, 7) is 1.76. The third-order valence-corrected chi connectivity index (χ3v) is 2.51. The van der Waals surface area contributed by atoms with Gasteiger partial charge in [0.1, 0.15) is 11.5 Å². The van der Waals surface area contributed by atoms with Crippen LogP contribution in [0.5, 0.6) is 11.5 Å². The molecule has 0 unspecified atom stereocenters. The predicted molar refractivity (Wildman–Crippen MR) is 66.4 cm³/mol. The summed E-state index contributed by atoms with van der Waals surface area (Å²) in [4.78, 5) is 4.10. The lowest BCUT2D eigenvalue weighted by Crippen LogP contribution is -1.94. The Kier molecular flexibility index (Phi) is 3.61. The van der Waals surface area contributed by atoms with E-state index < -0.39 is 0 Å². The smallest absolute Gasteiger partial charge is 0.136 e. The lowest BCUT2D eigenvalue weighted by molar-refractivity contribution is 0.276. The molecule has 88 valence electrons. The fourth-order valence-electron chi connectivity index (χ4n) is 1.43. The van der Waals surface area contributed by atoms with E-state index in [0.29, 0.717) is 22.1 Å². The highest BCUT2D eigenvalue weighted by molar-refractivity contribution is 6.30. The number of hydrogen-bond acceptors (Lipinski definition) is 3. The molecule has 2 aromatic rings. The first-order valence-electron chi connectivity index (χ1n) is 5.19. The summed E-state index contributed by atoms with van der Waals surface area (Å²) in [6, 6.07) is 8.90. The fourth-order valence-corrected chi connectivity index (χ4v) is 1.61. The molecule has 0 aliphatic rings. The highest BCUT2D eigenvalue weighted by atomic mass is 35.5. The van der Waals surface area contributed by atoms with Gasteiger partial charge in [0.05, 0.1) is 6.61 Å². The van der Waals surface area contributed by atoms with Crippen LogP contribution < -0.4 is 4.74 Å². The summed E-state index contributed by atoms with van der Waals surface area (Å²) in [6.07, 6.45) is 1.61. The minimum Gasteiger partial charge on any atom is -0.457 e. The molecule has 17 heavy (non-hydrogen) atoms. The van der Waals surface area contributed by atoms with Gasteiger partial charge in [0, 0.05) is 28.5 Å². The van der Waals surface area contributed by atoms with Gasteiger partial charge in [-0.1, -0.05) is 17.7 Å². The predicted octanol–water partition coefficient (Wildman–Crippen LogP) is 3.33. The second-order valence-electron chi connectivity index (χ2n) is 3.65. The quantitative estimate of drug-likeness (QED) is 0.907. The van der Waals surface area contributed by atoms with Crippen molar-refractivity contribution in [3.63, 3.8) is 0 Å². The molecule has 1 aromatic carbocycles. The molecule has 0 spiro atoms. The first-order valence-corrected chi connectivity index (χ1v) is 5.56. The lowest BCUT2D eigenvalue weighted by atomic mass is 10.2. The summed E-state index contributed by atoms with van der Waals surface area (Å²) < 4.78 is 5.68. The third kappa shape index (κ3) is 2.96. The van der Waals surface area contributed by atoms with E-state index in [1.54, 1.807) is 24.4 Å². The van der Waals surface area contributed by atoms with Crippen LogP contribution in [0, 0.1) is 6.92 Å². The molecular weight excluding hydrogens is 238 g/mol. The highest BCUT2D eigenvalue weighted by Gasteiger charge is 2.05. The zero-order valence-electron chi connectivity index (χ0n) is 9.35. The summed E-state index contributed by atoms with van der Waals surface area (Å²) in [7, 11) is 0. The summed E-state index contributed by atoms with van der Waals surface area (Å²) >= 11 is 5.87. The molecule has 0 aliphatic heterocycles. The van der Waals surface area contributed by atoms with Crippen molar-refractivity contribution in [3.05, 3.63) is 52.8 Å². The first-order chi connectivity index (χ1) is 8.19. The van der Waals surface area contributed by atoms with Crippen LogP contribution in [-0.4, -0.2) is 10.1 Å². The largest absolute Gasteiger partial charge is 0.457 e. The number of benzene rings is 1. The van der Waals surface area contributed by atoms with Gasteiger partial charge in [-0.15, -0.1) is 0 Å². The minimum absolute atomic E-state index is 0.108. The number of aromatic nitrogens is 1. The minimum atomic E-state index is -0.108. The number of pyridine rings is 1. The van der Waals surface area contributed by atoms with Gasteiger partial charge in [-0.25, -0.2) is 0 Å². The average Bonchev–Trinajstić information content (AvgIpc) is 2.29. The van der Waals surface area contributed by atoms with Crippen molar-refractivity contribution in [3.8, 4) is 11.5 Å². The maximum absolute atomic E-state index is 9.20. The summed E-state index contributed by atoms with van der Waals surface area (Å²) in [5.74, 6) is 1.24. The molecule has 0 amide bonds. The molecule has 0 aliphatic carbocycles. The maximum atomic E-state index is 9.20. The Hall–Kier alpha value is -1.58. The van der Waals surface area contributed by atoms with Crippen molar-refractivity contribution < 1.29 is 9.84 Å². The van der Waals surface area contributed by atoms with Gasteiger partial charge < -0.3 is 9.84 Å². The van der Waals surface area contributed by atoms with E-state index in [1.165, 1.54) is 0 Å². The average molecular weight is 250 g/mol. The second-order valence-corrected chi connectivity index (χ2v) is 4.09. The van der Waals surface area contributed by atoms with Crippen molar-refractivity contribution in [2.24, 2.45) is 0 Å². The zero-order chi connectivity index (χ0) is 12.3. The molecule has 4 heteroatoms. The molecule has 2 rings (SSSR count). The fraction of sp³-hybridized carbons (Fsp3) is 0.154. The molecule has 1 N–H and O–H groups in total. The van der Waals surface area contributed by atoms with Crippen molar-refractivity contribution in [1.29, 1.82) is 0 Å². The molecular formula is C13H12ClNO2. The van der Waals surface area contributed by atoms with E-state index in [-0.39, 0.29) is 6.61 Å². The lowest BCUT2D eigenvalue weighted by Gasteiger charge is -2.10. The third-order valence-electron chi connectivity index (χ3n) is 2.27. The van der Waals surface area contributed by atoms with Crippen molar-refractivity contribution in [1.82, 2.24) is 4.98 Å². The Morgan fingerprint density at radius 2 is 2.18 bits per heavy atom. The number of aliphatic hydroxyl groups is 1. The SMILES string of the molecule is Cc1cc(Oc2cccc(Cl)c2)c(CO)cn1. The second kappa shape index (κ2) is 5.17. The number of aryl methyl sites for hydroxylation is 1. The number of aliphatic hydroxyl groups excluding tert-OH is 1. The number of rotatable bonds is 3. The molecule has 3 nitrogen and oxygen atoms in total. The Morgan fingerprint density at radius 3 is 2.88 bits per heavy atom. The van der Waals surface area contributed by atoms with Crippen LogP contribution in [0.2, 0.25) is 5.02 Å². The van der Waals surface area contributed by atoms with Gasteiger partial charge in [-0.3, -0.25) is 4.98 Å². The molecule has 0 bridgehead atoms.